The van der Waals surface area contributed by atoms with Crippen LogP contribution in [0.2, 0.25) is 0 Å². The Morgan fingerprint density at radius 3 is 2.47 bits per heavy atom. The van der Waals surface area contributed by atoms with Crippen molar-refractivity contribution in [3.05, 3.63) is 35.6 Å². The van der Waals surface area contributed by atoms with Gasteiger partial charge in [-0.1, -0.05) is 19.1 Å². The van der Waals surface area contributed by atoms with E-state index in [4.69, 9.17) is 0 Å². The summed E-state index contributed by atoms with van der Waals surface area (Å²) in [4.78, 5) is 13.8. The van der Waals surface area contributed by atoms with E-state index < -0.39 is 0 Å². The molecular formula is C16H22FNO. The monoisotopic (exact) mass is 263 g/mol. The van der Waals surface area contributed by atoms with Crippen LogP contribution in [0, 0.1) is 11.7 Å². The third-order valence-electron chi connectivity index (χ3n) is 3.87. The Balaban J connectivity index is 1.80. The van der Waals surface area contributed by atoms with Crippen LogP contribution in [0.15, 0.2) is 24.3 Å². The fourth-order valence-electron chi connectivity index (χ4n) is 2.71. The van der Waals surface area contributed by atoms with Crippen LogP contribution in [0.3, 0.4) is 0 Å². The van der Waals surface area contributed by atoms with Gasteiger partial charge in [-0.3, -0.25) is 4.79 Å². The van der Waals surface area contributed by atoms with E-state index >= 15 is 0 Å². The van der Waals surface area contributed by atoms with Crippen LogP contribution in [0.1, 0.15) is 38.2 Å². The lowest BCUT2D eigenvalue weighted by atomic mass is 9.90. The minimum Gasteiger partial charge on any atom is -0.343 e. The van der Waals surface area contributed by atoms with Crippen LogP contribution in [0.25, 0.3) is 0 Å². The van der Waals surface area contributed by atoms with Crippen LogP contribution < -0.4 is 0 Å². The molecule has 0 aliphatic carbocycles. The Morgan fingerprint density at radius 2 is 1.89 bits per heavy atom. The van der Waals surface area contributed by atoms with Gasteiger partial charge in [-0.25, -0.2) is 4.39 Å². The van der Waals surface area contributed by atoms with Gasteiger partial charge in [0.25, 0.3) is 0 Å². The largest absolute Gasteiger partial charge is 0.343 e. The van der Waals surface area contributed by atoms with Gasteiger partial charge >= 0.3 is 0 Å². The molecule has 0 N–H and O–H groups in total. The quantitative estimate of drug-likeness (QED) is 0.815. The van der Waals surface area contributed by atoms with Crippen molar-refractivity contribution >= 4 is 5.91 Å². The number of nitrogens with zero attached hydrogens (tertiary/aromatic N) is 1. The van der Waals surface area contributed by atoms with Crippen LogP contribution in [-0.4, -0.2) is 23.9 Å². The third kappa shape index (κ3) is 4.05. The molecule has 1 saturated heterocycles. The Kier molecular flexibility index (Phi) is 4.94. The van der Waals surface area contributed by atoms with Crippen molar-refractivity contribution < 1.29 is 9.18 Å². The summed E-state index contributed by atoms with van der Waals surface area (Å²) >= 11 is 0. The molecule has 0 atom stereocenters. The smallest absolute Gasteiger partial charge is 0.222 e. The number of hydrogen-bond acceptors (Lipinski definition) is 1. The average Bonchev–Trinajstić information content (AvgIpc) is 2.42. The van der Waals surface area contributed by atoms with Gasteiger partial charge in [0.1, 0.15) is 5.82 Å². The van der Waals surface area contributed by atoms with E-state index in [2.05, 4.69) is 0 Å². The van der Waals surface area contributed by atoms with E-state index in [-0.39, 0.29) is 5.82 Å². The summed E-state index contributed by atoms with van der Waals surface area (Å²) in [7, 11) is 0. The molecule has 0 bridgehead atoms. The molecule has 0 radical (unpaired) electrons. The SMILES string of the molecule is CCCC(=O)N1CCC(Cc2ccc(F)cc2)CC1. The molecule has 1 amide bonds. The molecule has 19 heavy (non-hydrogen) atoms. The normalized spacial score (nSPS) is 16.6. The number of carbonyl (C=O) groups excluding carboxylic acids is 1. The Labute approximate surface area is 114 Å². The molecule has 1 aromatic rings. The fraction of sp³-hybridized carbons (Fsp3) is 0.562. The molecule has 1 fully saturated rings. The summed E-state index contributed by atoms with van der Waals surface area (Å²) in [6, 6.07) is 6.78. The first-order valence-electron chi connectivity index (χ1n) is 7.21. The summed E-state index contributed by atoms with van der Waals surface area (Å²) in [5.41, 5.74) is 1.19. The molecule has 1 heterocycles. The molecule has 1 aliphatic heterocycles. The zero-order valence-corrected chi connectivity index (χ0v) is 11.6. The summed E-state index contributed by atoms with van der Waals surface area (Å²) in [5, 5.41) is 0. The van der Waals surface area contributed by atoms with Crippen molar-refractivity contribution in [1.82, 2.24) is 4.90 Å². The van der Waals surface area contributed by atoms with Gasteiger partial charge in [0.2, 0.25) is 5.91 Å². The van der Waals surface area contributed by atoms with E-state index in [1.807, 2.05) is 24.0 Å². The molecule has 0 unspecified atom stereocenters. The van der Waals surface area contributed by atoms with Crippen molar-refractivity contribution in [3.8, 4) is 0 Å². The first-order chi connectivity index (χ1) is 9.19. The number of carbonyl (C=O) groups is 1. The molecule has 104 valence electrons. The number of rotatable bonds is 4. The number of hydrogen-bond donors (Lipinski definition) is 0. The van der Waals surface area contributed by atoms with Gasteiger partial charge in [-0.15, -0.1) is 0 Å². The minimum absolute atomic E-state index is 0.177. The van der Waals surface area contributed by atoms with Crippen LogP contribution in [-0.2, 0) is 11.2 Å². The number of benzene rings is 1. The van der Waals surface area contributed by atoms with Gasteiger partial charge in [0.05, 0.1) is 0 Å². The number of halogens is 1. The van der Waals surface area contributed by atoms with Crippen molar-refractivity contribution in [2.24, 2.45) is 5.92 Å². The number of amides is 1. The zero-order valence-electron chi connectivity index (χ0n) is 11.6. The van der Waals surface area contributed by atoms with Gasteiger partial charge in [-0.05, 0) is 49.3 Å². The zero-order chi connectivity index (χ0) is 13.7. The Bertz CT molecular complexity index is 407. The van der Waals surface area contributed by atoms with Crippen molar-refractivity contribution in [3.63, 3.8) is 0 Å². The summed E-state index contributed by atoms with van der Waals surface area (Å²) in [5.74, 6) is 0.739. The topological polar surface area (TPSA) is 20.3 Å². The van der Waals surface area contributed by atoms with Crippen LogP contribution in [0.5, 0.6) is 0 Å². The van der Waals surface area contributed by atoms with E-state index in [0.29, 0.717) is 18.2 Å². The molecule has 2 rings (SSSR count). The first kappa shape index (κ1) is 14.0. The van der Waals surface area contributed by atoms with E-state index in [1.165, 1.54) is 17.7 Å². The maximum atomic E-state index is 12.8. The van der Waals surface area contributed by atoms with Gasteiger partial charge in [0, 0.05) is 19.5 Å². The average molecular weight is 263 g/mol. The second-order valence-electron chi connectivity index (χ2n) is 5.40. The lowest BCUT2D eigenvalue weighted by Crippen LogP contribution is -2.38. The molecule has 1 aliphatic rings. The number of piperidine rings is 1. The van der Waals surface area contributed by atoms with Crippen LogP contribution >= 0.6 is 0 Å². The maximum Gasteiger partial charge on any atom is 0.222 e. The van der Waals surface area contributed by atoms with E-state index in [9.17, 15) is 9.18 Å². The van der Waals surface area contributed by atoms with Gasteiger partial charge < -0.3 is 4.90 Å². The molecular weight excluding hydrogens is 241 g/mol. The standard InChI is InChI=1S/C16H22FNO/c1-2-3-16(19)18-10-8-14(9-11-18)12-13-4-6-15(17)7-5-13/h4-7,14H,2-3,8-12H2,1H3. The third-order valence-corrected chi connectivity index (χ3v) is 3.87. The Morgan fingerprint density at radius 1 is 1.26 bits per heavy atom. The maximum absolute atomic E-state index is 12.8. The Hall–Kier alpha value is -1.38. The summed E-state index contributed by atoms with van der Waals surface area (Å²) < 4.78 is 12.8. The molecule has 1 aromatic carbocycles. The van der Waals surface area contributed by atoms with Crippen molar-refractivity contribution in [2.75, 3.05) is 13.1 Å². The first-order valence-corrected chi connectivity index (χ1v) is 7.21. The van der Waals surface area contributed by atoms with Gasteiger partial charge in [0.15, 0.2) is 0 Å². The highest BCUT2D eigenvalue weighted by Crippen LogP contribution is 2.22. The lowest BCUT2D eigenvalue weighted by Gasteiger charge is -2.32. The second-order valence-corrected chi connectivity index (χ2v) is 5.40. The highest BCUT2D eigenvalue weighted by Gasteiger charge is 2.22. The minimum atomic E-state index is -0.177. The summed E-state index contributed by atoms with van der Waals surface area (Å²) in [6.45, 7) is 3.80. The molecule has 3 heteroatoms. The number of likely N-dealkylation sites (tertiary alicyclic amines) is 1. The predicted molar refractivity (Wildman–Crippen MR) is 74.3 cm³/mol. The van der Waals surface area contributed by atoms with Crippen LogP contribution in [0.4, 0.5) is 4.39 Å². The fourth-order valence-corrected chi connectivity index (χ4v) is 2.71. The predicted octanol–water partition coefficient (Wildman–Crippen LogP) is 3.41. The molecule has 2 nitrogen and oxygen atoms in total. The molecule has 0 spiro atoms. The van der Waals surface area contributed by atoms with Crippen molar-refractivity contribution in [1.29, 1.82) is 0 Å². The highest BCUT2D eigenvalue weighted by molar-refractivity contribution is 5.76. The second kappa shape index (κ2) is 6.69. The molecule has 0 saturated carbocycles. The van der Waals surface area contributed by atoms with E-state index in [1.54, 1.807) is 0 Å². The molecule has 0 aromatic heterocycles. The van der Waals surface area contributed by atoms with Gasteiger partial charge in [-0.2, -0.15) is 0 Å². The highest BCUT2D eigenvalue weighted by atomic mass is 19.1. The lowest BCUT2D eigenvalue weighted by molar-refractivity contribution is -0.132. The van der Waals surface area contributed by atoms with E-state index in [0.717, 1.165) is 38.8 Å². The van der Waals surface area contributed by atoms with Crippen molar-refractivity contribution in [2.45, 2.75) is 39.0 Å². The summed E-state index contributed by atoms with van der Waals surface area (Å²) in [6.07, 6.45) is 4.71.